The van der Waals surface area contributed by atoms with Gasteiger partial charge in [0.25, 0.3) is 0 Å². The van der Waals surface area contributed by atoms with E-state index in [9.17, 15) is 18.5 Å². The molecule has 0 amide bonds. The summed E-state index contributed by atoms with van der Waals surface area (Å²) < 4.78 is 60.7. The number of halogens is 1. The zero-order valence-corrected chi connectivity index (χ0v) is 32.9. The Morgan fingerprint density at radius 2 is 1.75 bits per heavy atom. The monoisotopic (exact) mass is 792 g/mol. The molecule has 5 rings (SSSR count). The highest BCUT2D eigenvalue weighted by Gasteiger charge is 2.53. The van der Waals surface area contributed by atoms with Gasteiger partial charge in [-0.1, -0.05) is 99.9 Å². The third-order valence-electron chi connectivity index (χ3n) is 9.17. The maximum Gasteiger partial charge on any atom is 0.459 e. The molecule has 3 heterocycles. The zero-order chi connectivity index (χ0) is 40.1. The molecule has 4 aromatic rings. The van der Waals surface area contributed by atoms with E-state index in [1.54, 1.807) is 44.2 Å². The van der Waals surface area contributed by atoms with Crippen molar-refractivity contribution in [1.29, 1.82) is 0 Å². The van der Waals surface area contributed by atoms with Gasteiger partial charge in [0.2, 0.25) is 0 Å². The van der Waals surface area contributed by atoms with Gasteiger partial charge in [-0.05, 0) is 44.4 Å². The lowest BCUT2D eigenvalue weighted by Crippen LogP contribution is -2.46. The van der Waals surface area contributed by atoms with Gasteiger partial charge in [-0.15, -0.1) is 6.42 Å². The van der Waals surface area contributed by atoms with Gasteiger partial charge in [-0.25, -0.2) is 9.55 Å². The number of imidazole rings is 1. The van der Waals surface area contributed by atoms with Gasteiger partial charge >= 0.3 is 25.8 Å². The first-order valence-corrected chi connectivity index (χ1v) is 20.5. The number of fused-ring (bicyclic) bond motifs is 1. The molecule has 3 N–H and O–H groups in total. The van der Waals surface area contributed by atoms with Crippen LogP contribution in [-0.4, -0.2) is 61.9 Å². The van der Waals surface area contributed by atoms with Gasteiger partial charge in [0.05, 0.1) is 12.4 Å². The second-order valence-electron chi connectivity index (χ2n) is 13.9. The second-order valence-corrected chi connectivity index (χ2v) is 15.6. The molecule has 0 saturated carbocycles. The minimum Gasteiger partial charge on any atom is -0.462 e. The average Bonchev–Trinajstić information content (AvgIpc) is 3.75. The third-order valence-corrected chi connectivity index (χ3v) is 10.7. The van der Waals surface area contributed by atoms with Crippen LogP contribution in [0.25, 0.3) is 11.2 Å². The number of aromatic nitrogens is 4. The van der Waals surface area contributed by atoms with E-state index in [1.165, 1.54) is 17.3 Å². The smallest absolute Gasteiger partial charge is 0.459 e. The maximum absolute atomic E-state index is 14.9. The Hall–Kier alpha value is -4.87. The topological polar surface area (TPSA) is 179 Å². The van der Waals surface area contributed by atoms with Crippen LogP contribution in [0.2, 0.25) is 0 Å². The molecule has 0 radical (unpaired) electrons. The van der Waals surface area contributed by atoms with Crippen molar-refractivity contribution < 1.29 is 41.8 Å². The van der Waals surface area contributed by atoms with Crippen molar-refractivity contribution in [2.24, 2.45) is 0 Å². The number of esters is 2. The van der Waals surface area contributed by atoms with Crippen LogP contribution >= 0.6 is 7.75 Å². The lowest BCUT2D eigenvalue weighted by molar-refractivity contribution is -0.158. The van der Waals surface area contributed by atoms with E-state index in [4.69, 9.17) is 35.4 Å². The molecular formula is C40H50FN6O8P. The molecule has 5 atom stereocenters. The number of hydrogen-bond donors (Lipinski definition) is 2. The number of terminal acetylenes is 1. The van der Waals surface area contributed by atoms with E-state index >= 15 is 0 Å². The Morgan fingerprint density at radius 3 is 2.43 bits per heavy atom. The number of unbranched alkanes of at least 4 members (excludes halogenated alkanes) is 6. The lowest BCUT2D eigenvalue weighted by atomic mass is 9.98. The SMILES string of the molecule is C#C[C@]1(CO[P@@](=O)(NC(Cc2ccccc2)C(=O)OC(C)C)Oc2ccccc2)O[C@@H](n2cnc3c(N)nc(F)nc32)C[C@@H]1OC(=O)CCCCCCCCC. The van der Waals surface area contributed by atoms with Crippen LogP contribution in [0.5, 0.6) is 5.75 Å². The number of nitrogens with one attached hydrogen (secondary N) is 1. The number of nitrogens with zero attached hydrogens (tertiary/aromatic N) is 4. The van der Waals surface area contributed by atoms with Gasteiger partial charge in [0, 0.05) is 12.8 Å². The number of para-hydroxylation sites is 1. The van der Waals surface area contributed by atoms with E-state index in [0.717, 1.165) is 37.7 Å². The first-order valence-electron chi connectivity index (χ1n) is 19.0. The molecule has 1 aliphatic rings. The van der Waals surface area contributed by atoms with Crippen LogP contribution in [0, 0.1) is 18.4 Å². The Bertz CT molecular complexity index is 2000. The molecule has 14 nitrogen and oxygen atoms in total. The minimum absolute atomic E-state index is 0.0223. The summed E-state index contributed by atoms with van der Waals surface area (Å²) in [6.07, 6.45) is 11.0. The quantitative estimate of drug-likeness (QED) is 0.0284. The standard InChI is InChI=1S/C40H50FN6O8P/c1-5-7-8-9-10-11-18-23-34(48)53-32-25-33(47-27-43-35-36(42)44-39(41)45-37(35)47)54-40(32,6-2)26-51-56(50,55-30-21-16-13-17-22-30)46-31(38(49)52-28(3)4)24-29-19-14-12-15-20-29/h2,12-17,19-22,27-28,31-33H,5,7-11,18,23-26H2,1,3-4H3,(H,46,50)(H2,42,44,45)/t31?,32-,33+,40+,56-/m0/s1. The number of ether oxygens (including phenoxy) is 3. The fraction of sp³-hybridized carbons (Fsp3) is 0.475. The van der Waals surface area contributed by atoms with Gasteiger partial charge in [-0.3, -0.25) is 18.7 Å². The average molecular weight is 793 g/mol. The zero-order valence-electron chi connectivity index (χ0n) is 32.0. The largest absolute Gasteiger partial charge is 0.462 e. The number of carbonyl (C=O) groups excluding carboxylic acids is 2. The molecule has 0 spiro atoms. The van der Waals surface area contributed by atoms with Crippen LogP contribution < -0.4 is 15.3 Å². The lowest BCUT2D eigenvalue weighted by Gasteiger charge is -2.31. The number of benzene rings is 2. The third kappa shape index (κ3) is 11.4. The second kappa shape index (κ2) is 19.8. The summed E-state index contributed by atoms with van der Waals surface area (Å²) in [5.74, 6) is 1.37. The number of carbonyl (C=O) groups is 2. The molecular weight excluding hydrogens is 742 g/mol. The van der Waals surface area contributed by atoms with E-state index in [-0.39, 0.29) is 42.0 Å². The fourth-order valence-electron chi connectivity index (χ4n) is 6.34. The Kier molecular flexibility index (Phi) is 15.0. The molecule has 1 aliphatic heterocycles. The van der Waals surface area contributed by atoms with Crippen molar-refractivity contribution in [2.45, 2.75) is 115 Å². The number of anilines is 1. The van der Waals surface area contributed by atoms with Crippen molar-refractivity contribution in [2.75, 3.05) is 12.3 Å². The number of rotatable bonds is 21. The summed E-state index contributed by atoms with van der Waals surface area (Å²) in [6.45, 7) is 4.92. The van der Waals surface area contributed by atoms with Crippen LogP contribution in [0.1, 0.15) is 90.3 Å². The highest BCUT2D eigenvalue weighted by atomic mass is 31.2. The predicted molar refractivity (Wildman–Crippen MR) is 207 cm³/mol. The molecule has 2 aromatic heterocycles. The van der Waals surface area contributed by atoms with Gasteiger partial charge < -0.3 is 24.5 Å². The van der Waals surface area contributed by atoms with Gasteiger partial charge in [0.1, 0.15) is 30.7 Å². The van der Waals surface area contributed by atoms with Crippen LogP contribution in [0.4, 0.5) is 10.2 Å². The molecule has 2 aromatic carbocycles. The molecule has 1 fully saturated rings. The first-order chi connectivity index (χ1) is 26.9. The Morgan fingerprint density at radius 1 is 1.07 bits per heavy atom. The summed E-state index contributed by atoms with van der Waals surface area (Å²) in [5, 5.41) is 2.80. The molecule has 0 bridgehead atoms. The van der Waals surface area contributed by atoms with Crippen molar-refractivity contribution in [3.63, 3.8) is 0 Å². The highest BCUT2D eigenvalue weighted by molar-refractivity contribution is 7.52. The molecule has 0 aliphatic carbocycles. The number of nitrogens with two attached hydrogens (primary N) is 1. The molecule has 16 heteroatoms. The first kappa shape index (κ1) is 42.3. The van der Waals surface area contributed by atoms with E-state index in [1.807, 2.05) is 30.3 Å². The Balaban J connectivity index is 1.43. The predicted octanol–water partition coefficient (Wildman–Crippen LogP) is 7.25. The molecule has 300 valence electrons. The van der Waals surface area contributed by atoms with Gasteiger partial charge in [-0.2, -0.15) is 19.4 Å². The summed E-state index contributed by atoms with van der Waals surface area (Å²) in [7, 11) is -4.54. The summed E-state index contributed by atoms with van der Waals surface area (Å²) in [6, 6.07) is 16.1. The summed E-state index contributed by atoms with van der Waals surface area (Å²) in [5.41, 5.74) is 4.95. The van der Waals surface area contributed by atoms with E-state index < -0.39 is 62.4 Å². The normalized spacial score (nSPS) is 19.6. The number of hydrogen-bond acceptors (Lipinski definition) is 12. The molecule has 1 saturated heterocycles. The van der Waals surface area contributed by atoms with Crippen molar-refractivity contribution in [3.8, 4) is 18.1 Å². The van der Waals surface area contributed by atoms with Crippen molar-refractivity contribution in [1.82, 2.24) is 24.6 Å². The van der Waals surface area contributed by atoms with E-state index in [2.05, 4.69) is 32.9 Å². The number of nitrogen functional groups attached to an aromatic ring is 1. The maximum atomic E-state index is 14.9. The fourth-order valence-corrected chi connectivity index (χ4v) is 7.86. The molecule has 56 heavy (non-hydrogen) atoms. The van der Waals surface area contributed by atoms with Crippen LogP contribution in [0.3, 0.4) is 0 Å². The Labute approximate surface area is 326 Å². The summed E-state index contributed by atoms with van der Waals surface area (Å²) in [4.78, 5) is 38.4. The van der Waals surface area contributed by atoms with E-state index in [0.29, 0.717) is 6.42 Å². The van der Waals surface area contributed by atoms with Crippen LogP contribution in [0.15, 0.2) is 67.0 Å². The highest BCUT2D eigenvalue weighted by Crippen LogP contribution is 2.49. The van der Waals surface area contributed by atoms with Crippen molar-refractivity contribution in [3.05, 3.63) is 78.6 Å². The van der Waals surface area contributed by atoms with Crippen LogP contribution in [-0.2, 0) is 39.3 Å². The molecule has 1 unspecified atom stereocenters. The van der Waals surface area contributed by atoms with Gasteiger partial charge in [0.15, 0.2) is 22.6 Å². The van der Waals surface area contributed by atoms with Crippen molar-refractivity contribution >= 4 is 36.7 Å². The summed E-state index contributed by atoms with van der Waals surface area (Å²) >= 11 is 0. The minimum atomic E-state index is -4.54.